The number of fused-ring (bicyclic) bond motifs is 1. The summed E-state index contributed by atoms with van der Waals surface area (Å²) in [6.07, 6.45) is 2.69. The van der Waals surface area contributed by atoms with Crippen molar-refractivity contribution in [2.75, 3.05) is 20.8 Å². The van der Waals surface area contributed by atoms with Crippen LogP contribution in [0, 0.1) is 5.82 Å². The van der Waals surface area contributed by atoms with E-state index in [1.165, 1.54) is 6.07 Å². The van der Waals surface area contributed by atoms with Gasteiger partial charge in [-0.3, -0.25) is 0 Å². The first-order chi connectivity index (χ1) is 12.2. The summed E-state index contributed by atoms with van der Waals surface area (Å²) in [7, 11) is 3.22. The molecule has 0 saturated carbocycles. The average Bonchev–Trinajstić information content (AvgIpc) is 3.01. The van der Waals surface area contributed by atoms with Crippen molar-refractivity contribution in [3.05, 3.63) is 47.8 Å². The maximum Gasteiger partial charge on any atom is 0.170 e. The Bertz CT molecular complexity index is 874. The summed E-state index contributed by atoms with van der Waals surface area (Å²) < 4.78 is 25.3. The van der Waals surface area contributed by atoms with Gasteiger partial charge < -0.3 is 20.2 Å². The molecule has 0 aliphatic rings. The number of halogens is 1. The lowest BCUT2D eigenvalue weighted by Gasteiger charge is -2.13. The summed E-state index contributed by atoms with van der Waals surface area (Å²) >= 11 is 0. The molecule has 0 aliphatic carbocycles. The van der Waals surface area contributed by atoms with Gasteiger partial charge in [-0.2, -0.15) is 0 Å². The molecule has 0 atom stereocenters. The van der Waals surface area contributed by atoms with Gasteiger partial charge in [0.15, 0.2) is 11.5 Å². The van der Waals surface area contributed by atoms with Crippen LogP contribution in [0.3, 0.4) is 0 Å². The molecule has 3 N–H and O–H groups in total. The van der Waals surface area contributed by atoms with Crippen LogP contribution in [0.1, 0.15) is 18.4 Å². The van der Waals surface area contributed by atoms with Crippen LogP contribution in [-0.2, 0) is 6.42 Å². The van der Waals surface area contributed by atoms with E-state index in [0.29, 0.717) is 23.6 Å². The Morgan fingerprint density at radius 3 is 2.56 bits per heavy atom. The minimum atomic E-state index is -0.259. The lowest BCUT2D eigenvalue weighted by atomic mass is 9.99. The Morgan fingerprint density at radius 1 is 1.04 bits per heavy atom. The monoisotopic (exact) mass is 342 g/mol. The number of aromatic amines is 1. The lowest BCUT2D eigenvalue weighted by Crippen LogP contribution is -2.00. The highest BCUT2D eigenvalue weighted by Crippen LogP contribution is 2.41. The summed E-state index contributed by atoms with van der Waals surface area (Å²) in [4.78, 5) is 3.26. The van der Waals surface area contributed by atoms with E-state index in [-0.39, 0.29) is 5.82 Å². The van der Waals surface area contributed by atoms with Crippen molar-refractivity contribution in [1.29, 1.82) is 0 Å². The van der Waals surface area contributed by atoms with Crippen LogP contribution in [0.5, 0.6) is 11.5 Å². The van der Waals surface area contributed by atoms with Crippen LogP contribution in [0.4, 0.5) is 4.39 Å². The fraction of sp³-hybridized carbons (Fsp3) is 0.300. The number of nitrogens with one attached hydrogen (secondary N) is 1. The zero-order chi connectivity index (χ0) is 17.8. The Labute approximate surface area is 146 Å². The molecule has 1 aromatic heterocycles. The summed E-state index contributed by atoms with van der Waals surface area (Å²) in [6.45, 7) is 0.647. The molecular formula is C20H23FN2O2. The molecule has 3 aromatic rings. The number of ether oxygens (including phenoxy) is 2. The first kappa shape index (κ1) is 17.3. The van der Waals surface area contributed by atoms with Crippen LogP contribution in [0.2, 0.25) is 0 Å². The van der Waals surface area contributed by atoms with Crippen LogP contribution >= 0.6 is 0 Å². The molecule has 0 radical (unpaired) electrons. The van der Waals surface area contributed by atoms with Crippen molar-refractivity contribution in [3.8, 4) is 22.8 Å². The molecule has 4 nitrogen and oxygen atoms in total. The molecule has 132 valence electrons. The Balaban J connectivity index is 2.21. The van der Waals surface area contributed by atoms with Crippen molar-refractivity contribution in [1.82, 2.24) is 4.98 Å². The van der Waals surface area contributed by atoms with E-state index < -0.39 is 0 Å². The van der Waals surface area contributed by atoms with E-state index in [2.05, 4.69) is 4.98 Å². The molecule has 25 heavy (non-hydrogen) atoms. The Kier molecular flexibility index (Phi) is 5.24. The van der Waals surface area contributed by atoms with E-state index in [0.717, 1.165) is 41.5 Å². The average molecular weight is 342 g/mol. The smallest absolute Gasteiger partial charge is 0.170 e. The molecule has 0 amide bonds. The number of aromatic nitrogens is 1. The number of methoxy groups -OCH3 is 2. The van der Waals surface area contributed by atoms with Crippen molar-refractivity contribution in [2.45, 2.75) is 19.3 Å². The summed E-state index contributed by atoms with van der Waals surface area (Å²) in [5.74, 6) is 1.02. The highest BCUT2D eigenvalue weighted by atomic mass is 19.1. The van der Waals surface area contributed by atoms with Gasteiger partial charge in [0.25, 0.3) is 0 Å². The Hall–Kier alpha value is -2.53. The van der Waals surface area contributed by atoms with E-state index in [1.807, 2.05) is 24.3 Å². The predicted molar refractivity (Wildman–Crippen MR) is 98.8 cm³/mol. The maximum atomic E-state index is 14.3. The van der Waals surface area contributed by atoms with Crippen molar-refractivity contribution in [3.63, 3.8) is 0 Å². The molecular weight excluding hydrogens is 319 g/mol. The molecule has 0 bridgehead atoms. The second-order valence-electron chi connectivity index (χ2n) is 5.93. The van der Waals surface area contributed by atoms with E-state index in [4.69, 9.17) is 15.2 Å². The van der Waals surface area contributed by atoms with Crippen LogP contribution in [0.25, 0.3) is 22.2 Å². The number of unbranched alkanes of at least 4 members (excludes halogenated alkanes) is 1. The van der Waals surface area contributed by atoms with E-state index in [1.54, 1.807) is 20.3 Å². The second-order valence-corrected chi connectivity index (χ2v) is 5.93. The molecule has 0 spiro atoms. The van der Waals surface area contributed by atoms with Gasteiger partial charge in [0, 0.05) is 10.9 Å². The molecule has 0 unspecified atom stereocenters. The zero-order valence-electron chi connectivity index (χ0n) is 14.6. The predicted octanol–water partition coefficient (Wildman–Crippen LogP) is 4.27. The summed E-state index contributed by atoms with van der Waals surface area (Å²) in [5, 5.41) is 0.900. The molecule has 3 rings (SSSR count). The highest BCUT2D eigenvalue weighted by Gasteiger charge is 2.19. The first-order valence-electron chi connectivity index (χ1n) is 8.41. The first-order valence-corrected chi connectivity index (χ1v) is 8.41. The molecule has 2 aromatic carbocycles. The molecule has 0 aliphatic heterocycles. The van der Waals surface area contributed by atoms with Gasteiger partial charge in [0.05, 0.1) is 25.4 Å². The van der Waals surface area contributed by atoms with Gasteiger partial charge >= 0.3 is 0 Å². The number of hydrogen-bond acceptors (Lipinski definition) is 3. The Morgan fingerprint density at radius 2 is 1.84 bits per heavy atom. The zero-order valence-corrected chi connectivity index (χ0v) is 14.6. The standard InChI is InChI=1S/C20H23FN2O2/c1-24-17-11-6-9-15(20(17)25-2)18-13(7-3-4-12-22)14-8-5-10-16(21)19(14)23-18/h5-6,8-11,23H,3-4,7,12,22H2,1-2H3. The quantitative estimate of drug-likeness (QED) is 0.630. The molecule has 0 saturated heterocycles. The fourth-order valence-corrected chi connectivity index (χ4v) is 3.26. The van der Waals surface area contributed by atoms with Gasteiger partial charge in [0.1, 0.15) is 5.82 Å². The minimum absolute atomic E-state index is 0.259. The van der Waals surface area contributed by atoms with Gasteiger partial charge in [-0.05, 0) is 49.6 Å². The third kappa shape index (κ3) is 3.20. The largest absolute Gasteiger partial charge is 0.493 e. The third-order valence-corrected chi connectivity index (χ3v) is 4.44. The molecule has 0 fully saturated rings. The van der Waals surface area contributed by atoms with Crippen molar-refractivity contribution in [2.24, 2.45) is 5.73 Å². The topological polar surface area (TPSA) is 60.3 Å². The van der Waals surface area contributed by atoms with Gasteiger partial charge in [0.2, 0.25) is 0 Å². The second kappa shape index (κ2) is 7.57. The van der Waals surface area contributed by atoms with Gasteiger partial charge in [-0.15, -0.1) is 0 Å². The normalized spacial score (nSPS) is 11.0. The number of para-hydroxylation sites is 2. The summed E-state index contributed by atoms with van der Waals surface area (Å²) in [5.41, 5.74) is 8.96. The SMILES string of the molecule is COc1cccc(-c2[nH]c3c(F)cccc3c2CCCCN)c1OC. The van der Waals surface area contributed by atoms with Crippen LogP contribution < -0.4 is 15.2 Å². The minimum Gasteiger partial charge on any atom is -0.493 e. The fourth-order valence-electron chi connectivity index (χ4n) is 3.26. The number of rotatable bonds is 7. The van der Waals surface area contributed by atoms with Crippen LogP contribution in [-0.4, -0.2) is 25.7 Å². The van der Waals surface area contributed by atoms with Gasteiger partial charge in [-0.1, -0.05) is 18.2 Å². The van der Waals surface area contributed by atoms with E-state index in [9.17, 15) is 4.39 Å². The number of aryl methyl sites for hydroxylation is 1. The van der Waals surface area contributed by atoms with Crippen molar-refractivity contribution >= 4 is 10.9 Å². The number of nitrogens with two attached hydrogens (primary N) is 1. The van der Waals surface area contributed by atoms with Gasteiger partial charge in [-0.25, -0.2) is 4.39 Å². The third-order valence-electron chi connectivity index (χ3n) is 4.44. The molecule has 1 heterocycles. The lowest BCUT2D eigenvalue weighted by molar-refractivity contribution is 0.356. The number of H-pyrrole nitrogens is 1. The molecule has 5 heteroatoms. The number of hydrogen-bond donors (Lipinski definition) is 2. The maximum absolute atomic E-state index is 14.3. The van der Waals surface area contributed by atoms with Crippen molar-refractivity contribution < 1.29 is 13.9 Å². The van der Waals surface area contributed by atoms with E-state index >= 15 is 0 Å². The number of benzene rings is 2. The van der Waals surface area contributed by atoms with Crippen LogP contribution in [0.15, 0.2) is 36.4 Å². The summed E-state index contributed by atoms with van der Waals surface area (Å²) in [6, 6.07) is 10.9. The highest BCUT2D eigenvalue weighted by molar-refractivity contribution is 5.92.